The number of anilines is 1. The van der Waals surface area contributed by atoms with E-state index in [1.807, 2.05) is 0 Å². The van der Waals surface area contributed by atoms with E-state index in [0.29, 0.717) is 18.8 Å². The molecule has 1 aliphatic rings. The highest BCUT2D eigenvalue weighted by molar-refractivity contribution is 7.91. The minimum absolute atomic E-state index is 0.0205. The van der Waals surface area contributed by atoms with Crippen LogP contribution in [0.25, 0.3) is 0 Å². The fourth-order valence-corrected chi connectivity index (χ4v) is 2.81. The lowest BCUT2D eigenvalue weighted by molar-refractivity contribution is -0.125. The molecule has 21 heavy (non-hydrogen) atoms. The Bertz CT molecular complexity index is 640. The molecule has 1 aromatic carbocycles. The van der Waals surface area contributed by atoms with Crippen LogP contribution in [0.2, 0.25) is 0 Å². The fourth-order valence-electron chi connectivity index (χ4n) is 1.93. The summed E-state index contributed by atoms with van der Waals surface area (Å²) in [5.41, 5.74) is 0.623. The Hall–Kier alpha value is -2.09. The highest BCUT2D eigenvalue weighted by atomic mass is 32.2. The molecule has 0 radical (unpaired) electrons. The third kappa shape index (κ3) is 3.52. The lowest BCUT2D eigenvalue weighted by Crippen LogP contribution is -2.37. The van der Waals surface area contributed by atoms with Gasteiger partial charge in [0.2, 0.25) is 5.91 Å². The average molecular weight is 311 g/mol. The second-order valence-corrected chi connectivity index (χ2v) is 6.84. The van der Waals surface area contributed by atoms with Gasteiger partial charge in [-0.3, -0.25) is 9.69 Å². The van der Waals surface area contributed by atoms with Crippen LogP contribution < -0.4 is 10.6 Å². The number of urea groups is 1. The summed E-state index contributed by atoms with van der Waals surface area (Å²) in [6, 6.07) is 5.80. The first-order valence-corrected chi connectivity index (χ1v) is 8.24. The number of carbonyl (C=O) groups excluding carboxylic acids is 2. The normalized spacial score (nSPS) is 14.9. The molecule has 1 aliphatic heterocycles. The number of sulfone groups is 1. The molecular weight excluding hydrogens is 294 g/mol. The number of imide groups is 1. The van der Waals surface area contributed by atoms with Gasteiger partial charge in [0.15, 0.2) is 9.84 Å². The van der Waals surface area contributed by atoms with E-state index < -0.39 is 9.84 Å². The Morgan fingerprint density at radius 1 is 1.33 bits per heavy atom. The van der Waals surface area contributed by atoms with Crippen LogP contribution in [-0.4, -0.2) is 50.6 Å². The summed E-state index contributed by atoms with van der Waals surface area (Å²) in [5, 5.41) is 5.42. The van der Waals surface area contributed by atoms with Gasteiger partial charge in [-0.05, 0) is 24.3 Å². The Morgan fingerprint density at radius 2 is 2.00 bits per heavy atom. The molecule has 0 aromatic heterocycles. The zero-order chi connectivity index (χ0) is 15.5. The van der Waals surface area contributed by atoms with Crippen LogP contribution in [-0.2, 0) is 14.6 Å². The van der Waals surface area contributed by atoms with Crippen LogP contribution in [0.3, 0.4) is 0 Å². The molecule has 0 aliphatic carbocycles. The van der Waals surface area contributed by atoms with Gasteiger partial charge in [-0.1, -0.05) is 6.92 Å². The monoisotopic (exact) mass is 311 g/mol. The molecular formula is C13H17N3O4S. The molecule has 2 N–H and O–H groups in total. The van der Waals surface area contributed by atoms with Gasteiger partial charge in [0.25, 0.3) is 0 Å². The van der Waals surface area contributed by atoms with E-state index in [1.54, 1.807) is 19.1 Å². The van der Waals surface area contributed by atoms with Crippen molar-refractivity contribution in [3.8, 4) is 0 Å². The van der Waals surface area contributed by atoms with Gasteiger partial charge in [-0.15, -0.1) is 0 Å². The summed E-state index contributed by atoms with van der Waals surface area (Å²) < 4.78 is 23.3. The van der Waals surface area contributed by atoms with Crippen molar-refractivity contribution in [1.29, 1.82) is 0 Å². The molecule has 1 fully saturated rings. The van der Waals surface area contributed by atoms with Crippen molar-refractivity contribution < 1.29 is 18.0 Å². The van der Waals surface area contributed by atoms with Crippen molar-refractivity contribution in [1.82, 2.24) is 10.2 Å². The van der Waals surface area contributed by atoms with E-state index in [1.165, 1.54) is 12.1 Å². The molecule has 1 saturated heterocycles. The van der Waals surface area contributed by atoms with Crippen molar-refractivity contribution in [2.24, 2.45) is 0 Å². The van der Waals surface area contributed by atoms with E-state index in [9.17, 15) is 18.0 Å². The van der Waals surface area contributed by atoms with Crippen LogP contribution in [0.15, 0.2) is 29.2 Å². The van der Waals surface area contributed by atoms with Crippen molar-refractivity contribution in [3.63, 3.8) is 0 Å². The maximum atomic E-state index is 11.8. The average Bonchev–Trinajstić information content (AvgIpc) is 2.91. The molecule has 2 rings (SSSR count). The van der Waals surface area contributed by atoms with Crippen molar-refractivity contribution in [3.05, 3.63) is 24.3 Å². The number of rotatable bonds is 5. The van der Waals surface area contributed by atoms with E-state index in [0.717, 1.165) is 4.90 Å². The predicted molar refractivity (Wildman–Crippen MR) is 77.8 cm³/mol. The molecule has 0 atom stereocenters. The summed E-state index contributed by atoms with van der Waals surface area (Å²) in [6.45, 7) is 2.40. The van der Waals surface area contributed by atoms with Crippen molar-refractivity contribution >= 4 is 27.5 Å². The number of hydrogen-bond acceptors (Lipinski definition) is 5. The van der Waals surface area contributed by atoms with Gasteiger partial charge >= 0.3 is 6.03 Å². The standard InChI is InChI=1S/C13H17N3O4S/c1-2-21(19,20)11-5-3-10(4-6-11)15-9-12(17)16-8-7-14-13(16)18/h3-6,15H,2,7-9H2,1H3,(H,14,18). The van der Waals surface area contributed by atoms with Gasteiger partial charge < -0.3 is 10.6 Å². The fraction of sp³-hybridized carbons (Fsp3) is 0.385. The van der Waals surface area contributed by atoms with Gasteiger partial charge in [-0.2, -0.15) is 0 Å². The Morgan fingerprint density at radius 3 is 2.52 bits per heavy atom. The van der Waals surface area contributed by atoms with Crippen LogP contribution in [0, 0.1) is 0 Å². The molecule has 0 saturated carbocycles. The summed E-state index contributed by atoms with van der Waals surface area (Å²) in [4.78, 5) is 24.5. The third-order valence-corrected chi connectivity index (χ3v) is 4.95. The van der Waals surface area contributed by atoms with Gasteiger partial charge in [-0.25, -0.2) is 13.2 Å². The largest absolute Gasteiger partial charge is 0.376 e. The number of nitrogens with one attached hydrogen (secondary N) is 2. The highest BCUT2D eigenvalue weighted by Gasteiger charge is 2.25. The SMILES string of the molecule is CCS(=O)(=O)c1ccc(NCC(=O)N2CCNC2=O)cc1. The van der Waals surface area contributed by atoms with Crippen molar-refractivity contribution in [2.75, 3.05) is 30.7 Å². The van der Waals surface area contributed by atoms with Crippen molar-refractivity contribution in [2.45, 2.75) is 11.8 Å². The Labute approximate surface area is 123 Å². The van der Waals surface area contributed by atoms with E-state index in [4.69, 9.17) is 0 Å². The van der Waals surface area contributed by atoms with Crippen LogP contribution in [0.4, 0.5) is 10.5 Å². The van der Waals surface area contributed by atoms with E-state index in [2.05, 4.69) is 10.6 Å². The number of amides is 3. The summed E-state index contributed by atoms with van der Waals surface area (Å²) >= 11 is 0. The molecule has 1 aromatic rings. The second-order valence-electron chi connectivity index (χ2n) is 4.56. The first-order valence-electron chi connectivity index (χ1n) is 6.59. The lowest BCUT2D eigenvalue weighted by Gasteiger charge is -2.13. The van der Waals surface area contributed by atoms with Gasteiger partial charge in [0, 0.05) is 18.8 Å². The zero-order valence-corrected chi connectivity index (χ0v) is 12.4. The summed E-state index contributed by atoms with van der Waals surface area (Å²) in [6.07, 6.45) is 0. The third-order valence-electron chi connectivity index (χ3n) is 3.20. The van der Waals surface area contributed by atoms with Crippen LogP contribution in [0.1, 0.15) is 6.92 Å². The Balaban J connectivity index is 1.95. The number of nitrogens with zero attached hydrogens (tertiary/aromatic N) is 1. The molecule has 0 bridgehead atoms. The Kier molecular flexibility index (Phi) is 4.46. The van der Waals surface area contributed by atoms with Crippen LogP contribution in [0.5, 0.6) is 0 Å². The minimum Gasteiger partial charge on any atom is -0.376 e. The quantitative estimate of drug-likeness (QED) is 0.823. The van der Waals surface area contributed by atoms with Crippen LogP contribution >= 0.6 is 0 Å². The number of carbonyl (C=O) groups is 2. The van der Waals surface area contributed by atoms with Gasteiger partial charge in [0.1, 0.15) is 0 Å². The first kappa shape index (κ1) is 15.3. The van der Waals surface area contributed by atoms with E-state index >= 15 is 0 Å². The first-order chi connectivity index (χ1) is 9.94. The summed E-state index contributed by atoms with van der Waals surface area (Å²) in [7, 11) is -3.22. The smallest absolute Gasteiger partial charge is 0.324 e. The van der Waals surface area contributed by atoms with E-state index in [-0.39, 0.29) is 29.1 Å². The zero-order valence-electron chi connectivity index (χ0n) is 11.6. The molecule has 0 unspecified atom stereocenters. The topological polar surface area (TPSA) is 95.6 Å². The maximum absolute atomic E-state index is 11.8. The molecule has 0 spiro atoms. The number of benzene rings is 1. The molecule has 7 nitrogen and oxygen atoms in total. The molecule has 114 valence electrons. The summed E-state index contributed by atoms with van der Waals surface area (Å²) in [5.74, 6) is -0.280. The lowest BCUT2D eigenvalue weighted by atomic mass is 10.3. The molecule has 1 heterocycles. The minimum atomic E-state index is -3.22. The maximum Gasteiger partial charge on any atom is 0.324 e. The number of hydrogen-bond donors (Lipinski definition) is 2. The predicted octanol–water partition coefficient (Wildman–Crippen LogP) is 0.444. The van der Waals surface area contributed by atoms with Gasteiger partial charge in [0.05, 0.1) is 17.2 Å². The molecule has 3 amide bonds. The highest BCUT2D eigenvalue weighted by Crippen LogP contribution is 2.15. The molecule has 8 heteroatoms. The second kappa shape index (κ2) is 6.13.